The van der Waals surface area contributed by atoms with Gasteiger partial charge in [-0.1, -0.05) is 6.07 Å². The van der Waals surface area contributed by atoms with E-state index in [-0.39, 0.29) is 18.1 Å². The summed E-state index contributed by atoms with van der Waals surface area (Å²) in [5.74, 6) is -0.842. The van der Waals surface area contributed by atoms with E-state index in [1.807, 2.05) is 6.07 Å². The van der Waals surface area contributed by atoms with Crippen molar-refractivity contribution in [3.05, 3.63) is 29.8 Å². The normalized spacial score (nSPS) is 26.5. The fourth-order valence-electron chi connectivity index (χ4n) is 3.41. The maximum Gasteiger partial charge on any atom is 0.308 e. The molecule has 0 aliphatic carbocycles. The molecule has 1 aromatic rings. The van der Waals surface area contributed by atoms with Crippen molar-refractivity contribution < 1.29 is 24.2 Å². The number of amides is 1. The summed E-state index contributed by atoms with van der Waals surface area (Å²) >= 11 is 0. The SMILES string of the molecule is CC1C(C(=O)O)CCN1C(=O)c1cccc(OCC2CCCO2)c1. The average Bonchev–Trinajstić information content (AvgIpc) is 3.22. The zero-order valence-electron chi connectivity index (χ0n) is 13.8. The second-order valence-corrected chi connectivity index (χ2v) is 6.45. The van der Waals surface area contributed by atoms with Gasteiger partial charge in [-0.3, -0.25) is 9.59 Å². The van der Waals surface area contributed by atoms with Gasteiger partial charge in [0.1, 0.15) is 12.4 Å². The molecule has 0 saturated carbocycles. The number of ether oxygens (including phenoxy) is 2. The highest BCUT2D eigenvalue weighted by Crippen LogP contribution is 2.27. The predicted octanol–water partition coefficient (Wildman–Crippen LogP) is 2.18. The van der Waals surface area contributed by atoms with Gasteiger partial charge in [-0.25, -0.2) is 0 Å². The molecule has 0 aromatic heterocycles. The van der Waals surface area contributed by atoms with Crippen LogP contribution in [-0.2, 0) is 9.53 Å². The number of hydrogen-bond acceptors (Lipinski definition) is 4. The Morgan fingerprint density at radius 2 is 2.21 bits per heavy atom. The van der Waals surface area contributed by atoms with Gasteiger partial charge in [-0.2, -0.15) is 0 Å². The maximum atomic E-state index is 12.7. The molecule has 0 bridgehead atoms. The lowest BCUT2D eigenvalue weighted by Gasteiger charge is -2.23. The first kappa shape index (κ1) is 16.8. The van der Waals surface area contributed by atoms with Crippen molar-refractivity contribution >= 4 is 11.9 Å². The van der Waals surface area contributed by atoms with E-state index >= 15 is 0 Å². The average molecular weight is 333 g/mol. The summed E-state index contributed by atoms with van der Waals surface area (Å²) in [5, 5.41) is 9.20. The fraction of sp³-hybridized carbons (Fsp3) is 0.556. The number of carbonyl (C=O) groups excluding carboxylic acids is 1. The van der Waals surface area contributed by atoms with Crippen LogP contribution in [0.25, 0.3) is 0 Å². The van der Waals surface area contributed by atoms with Crippen LogP contribution in [0.3, 0.4) is 0 Å². The molecule has 3 rings (SSSR count). The third kappa shape index (κ3) is 3.53. The van der Waals surface area contributed by atoms with Crippen LogP contribution >= 0.6 is 0 Å². The van der Waals surface area contributed by atoms with Crippen LogP contribution in [0.1, 0.15) is 36.5 Å². The van der Waals surface area contributed by atoms with Crippen LogP contribution in [0.15, 0.2) is 24.3 Å². The topological polar surface area (TPSA) is 76.1 Å². The van der Waals surface area contributed by atoms with Gasteiger partial charge in [0.2, 0.25) is 0 Å². The highest BCUT2D eigenvalue weighted by Gasteiger charge is 2.38. The Morgan fingerprint density at radius 1 is 1.38 bits per heavy atom. The number of likely N-dealkylation sites (tertiary alicyclic amines) is 1. The number of benzene rings is 1. The molecule has 0 spiro atoms. The number of hydrogen-bond donors (Lipinski definition) is 1. The molecule has 6 heteroatoms. The summed E-state index contributed by atoms with van der Waals surface area (Å²) in [6.07, 6.45) is 2.68. The molecule has 3 unspecified atom stereocenters. The number of carbonyl (C=O) groups is 2. The third-order valence-corrected chi connectivity index (χ3v) is 4.87. The first-order valence-electron chi connectivity index (χ1n) is 8.44. The number of carboxylic acid groups (broad SMARTS) is 1. The zero-order chi connectivity index (χ0) is 17.1. The van der Waals surface area contributed by atoms with E-state index in [1.54, 1.807) is 30.0 Å². The molecule has 24 heavy (non-hydrogen) atoms. The molecule has 2 heterocycles. The van der Waals surface area contributed by atoms with E-state index in [0.29, 0.717) is 30.9 Å². The second-order valence-electron chi connectivity index (χ2n) is 6.45. The van der Waals surface area contributed by atoms with Crippen molar-refractivity contribution in [3.8, 4) is 5.75 Å². The molecule has 6 nitrogen and oxygen atoms in total. The minimum absolute atomic E-state index is 0.124. The minimum Gasteiger partial charge on any atom is -0.491 e. The number of carboxylic acids is 1. The van der Waals surface area contributed by atoms with Gasteiger partial charge in [-0.05, 0) is 44.4 Å². The van der Waals surface area contributed by atoms with Crippen LogP contribution in [0.4, 0.5) is 0 Å². The Hall–Kier alpha value is -2.08. The summed E-state index contributed by atoms with van der Waals surface area (Å²) in [4.78, 5) is 25.5. The van der Waals surface area contributed by atoms with Gasteiger partial charge in [0.15, 0.2) is 0 Å². The molecular formula is C18H23NO5. The van der Waals surface area contributed by atoms with Gasteiger partial charge in [0.05, 0.1) is 12.0 Å². The van der Waals surface area contributed by atoms with Crippen molar-refractivity contribution in [2.45, 2.75) is 38.3 Å². The highest BCUT2D eigenvalue weighted by molar-refractivity contribution is 5.95. The quantitative estimate of drug-likeness (QED) is 0.894. The van der Waals surface area contributed by atoms with Crippen LogP contribution in [-0.4, -0.2) is 53.8 Å². The lowest BCUT2D eigenvalue weighted by atomic mass is 10.0. The van der Waals surface area contributed by atoms with Crippen molar-refractivity contribution in [2.75, 3.05) is 19.8 Å². The van der Waals surface area contributed by atoms with Crippen LogP contribution in [0.5, 0.6) is 5.75 Å². The molecule has 3 atom stereocenters. The summed E-state index contributed by atoms with van der Waals surface area (Å²) in [6, 6.07) is 6.76. The maximum absolute atomic E-state index is 12.7. The molecule has 1 aromatic carbocycles. The first-order chi connectivity index (χ1) is 11.6. The van der Waals surface area contributed by atoms with Gasteiger partial charge in [0, 0.05) is 24.8 Å². The molecule has 2 aliphatic rings. The van der Waals surface area contributed by atoms with Gasteiger partial charge >= 0.3 is 5.97 Å². The van der Waals surface area contributed by atoms with Crippen LogP contribution < -0.4 is 4.74 Å². The Kier molecular flexibility index (Phi) is 5.04. The smallest absolute Gasteiger partial charge is 0.308 e. The van der Waals surface area contributed by atoms with E-state index < -0.39 is 11.9 Å². The standard InChI is InChI=1S/C18H23NO5/c1-12-16(18(21)22)7-8-19(12)17(20)13-4-2-5-14(10-13)24-11-15-6-3-9-23-15/h2,4-5,10,12,15-16H,3,6-9,11H2,1H3,(H,21,22). The number of rotatable bonds is 5. The van der Waals surface area contributed by atoms with Gasteiger partial charge < -0.3 is 19.5 Å². The van der Waals surface area contributed by atoms with Crippen molar-refractivity contribution in [1.82, 2.24) is 4.90 Å². The van der Waals surface area contributed by atoms with Gasteiger partial charge in [0.25, 0.3) is 5.91 Å². The fourth-order valence-corrected chi connectivity index (χ4v) is 3.41. The Morgan fingerprint density at radius 3 is 2.88 bits per heavy atom. The second kappa shape index (κ2) is 7.21. The summed E-state index contributed by atoms with van der Waals surface area (Å²) < 4.78 is 11.3. The molecule has 1 amide bonds. The Labute approximate surface area is 141 Å². The Bertz CT molecular complexity index is 611. The molecule has 2 saturated heterocycles. The van der Waals surface area contributed by atoms with Gasteiger partial charge in [-0.15, -0.1) is 0 Å². The largest absolute Gasteiger partial charge is 0.491 e. The lowest BCUT2D eigenvalue weighted by Crippen LogP contribution is -2.37. The first-order valence-corrected chi connectivity index (χ1v) is 8.44. The summed E-state index contributed by atoms with van der Waals surface area (Å²) in [5.41, 5.74) is 0.526. The monoisotopic (exact) mass is 333 g/mol. The van der Waals surface area contributed by atoms with Crippen LogP contribution in [0, 0.1) is 5.92 Å². The third-order valence-electron chi connectivity index (χ3n) is 4.87. The highest BCUT2D eigenvalue weighted by atomic mass is 16.5. The van der Waals surface area contributed by atoms with E-state index in [0.717, 1.165) is 19.4 Å². The number of aliphatic carboxylic acids is 1. The molecular weight excluding hydrogens is 310 g/mol. The van der Waals surface area contributed by atoms with Crippen molar-refractivity contribution in [1.29, 1.82) is 0 Å². The molecule has 1 N–H and O–H groups in total. The van der Waals surface area contributed by atoms with E-state index in [4.69, 9.17) is 9.47 Å². The Balaban J connectivity index is 1.64. The van der Waals surface area contributed by atoms with Crippen LogP contribution in [0.2, 0.25) is 0 Å². The molecule has 0 radical (unpaired) electrons. The molecule has 2 fully saturated rings. The molecule has 2 aliphatic heterocycles. The van der Waals surface area contributed by atoms with E-state index in [1.165, 1.54) is 0 Å². The van der Waals surface area contributed by atoms with E-state index in [9.17, 15) is 14.7 Å². The van der Waals surface area contributed by atoms with Crippen molar-refractivity contribution in [3.63, 3.8) is 0 Å². The summed E-state index contributed by atoms with van der Waals surface area (Å²) in [7, 11) is 0. The van der Waals surface area contributed by atoms with E-state index in [2.05, 4.69) is 0 Å². The minimum atomic E-state index is -0.841. The van der Waals surface area contributed by atoms with Crippen molar-refractivity contribution in [2.24, 2.45) is 5.92 Å². The lowest BCUT2D eigenvalue weighted by molar-refractivity contribution is -0.142. The number of nitrogens with zero attached hydrogens (tertiary/aromatic N) is 1. The summed E-state index contributed by atoms with van der Waals surface area (Å²) in [6.45, 7) is 3.53. The predicted molar refractivity (Wildman–Crippen MR) is 87.2 cm³/mol. The zero-order valence-corrected chi connectivity index (χ0v) is 13.8. The molecule has 130 valence electrons.